The molecule has 2 aliphatic heterocycles. The van der Waals surface area contributed by atoms with E-state index < -0.39 is 5.97 Å². The molecule has 0 saturated carbocycles. The van der Waals surface area contributed by atoms with Crippen LogP contribution in [-0.2, 0) is 31.3 Å². The maximum absolute atomic E-state index is 15.2. The van der Waals surface area contributed by atoms with Crippen LogP contribution in [0.3, 0.4) is 0 Å². The van der Waals surface area contributed by atoms with Crippen LogP contribution >= 0.6 is 0 Å². The third kappa shape index (κ3) is 5.74. The SMILES string of the molecule is COC(=O)c1cc(C)c(C2CCN(Cc3cc4c(-n5ccc6c(c5=O)CCN6Cc5ccc(OC)cc5)ccnc4n3C)CC2)c(F)c1. The number of benzene rings is 2. The number of carbonyl (C=O) groups excluding carboxylic acids is 1. The number of piperidine rings is 1. The fourth-order valence-corrected chi connectivity index (χ4v) is 7.51. The number of hydrogen-bond donors (Lipinski definition) is 0. The minimum atomic E-state index is -0.528. The zero-order chi connectivity index (χ0) is 33.5. The molecular weight excluding hydrogens is 609 g/mol. The van der Waals surface area contributed by atoms with E-state index >= 15 is 4.39 Å². The molecule has 0 atom stereocenters. The predicted octanol–water partition coefficient (Wildman–Crippen LogP) is 5.91. The van der Waals surface area contributed by atoms with Crippen LogP contribution in [0.2, 0.25) is 0 Å². The standard InChI is InChI=1S/C38H40FN5O4/c1-24-19-27(38(46)48-4)20-32(39)35(24)26-10-15-42(16-11-26)23-28-21-31-34(9-14-40-36(31)41(28)2)44-18-13-33-30(37(44)45)12-17-43(33)22-25-5-7-29(47-3)8-6-25/h5-9,13-14,18-21,26H,10-12,15-17,22-23H2,1-4H3. The molecule has 7 rings (SSSR count). The highest BCUT2D eigenvalue weighted by molar-refractivity contribution is 5.89. The number of rotatable bonds is 8. The summed E-state index contributed by atoms with van der Waals surface area (Å²) < 4.78 is 29.1. The largest absolute Gasteiger partial charge is 0.497 e. The highest BCUT2D eigenvalue weighted by Crippen LogP contribution is 2.34. The lowest BCUT2D eigenvalue weighted by Crippen LogP contribution is -2.33. The van der Waals surface area contributed by atoms with Crippen molar-refractivity contribution in [1.29, 1.82) is 0 Å². The molecule has 0 radical (unpaired) electrons. The zero-order valence-electron chi connectivity index (χ0n) is 27.8. The van der Waals surface area contributed by atoms with Gasteiger partial charge in [-0.1, -0.05) is 12.1 Å². The van der Waals surface area contributed by atoms with Gasteiger partial charge in [-0.15, -0.1) is 0 Å². The van der Waals surface area contributed by atoms with Crippen molar-refractivity contribution in [3.8, 4) is 11.4 Å². The van der Waals surface area contributed by atoms with E-state index in [1.54, 1.807) is 23.9 Å². The van der Waals surface area contributed by atoms with Gasteiger partial charge in [-0.25, -0.2) is 14.2 Å². The molecule has 0 unspecified atom stereocenters. The van der Waals surface area contributed by atoms with Crippen molar-refractivity contribution in [2.75, 3.05) is 38.8 Å². The Kier molecular flexibility index (Phi) is 8.51. The van der Waals surface area contributed by atoms with E-state index in [-0.39, 0.29) is 22.9 Å². The van der Waals surface area contributed by atoms with Crippen molar-refractivity contribution < 1.29 is 18.7 Å². The van der Waals surface area contributed by atoms with Gasteiger partial charge in [-0.3, -0.25) is 14.3 Å². The van der Waals surface area contributed by atoms with Crippen molar-refractivity contribution in [2.24, 2.45) is 7.05 Å². The summed E-state index contributed by atoms with van der Waals surface area (Å²) in [7, 11) is 4.99. The fourth-order valence-electron chi connectivity index (χ4n) is 7.51. The first-order valence-electron chi connectivity index (χ1n) is 16.4. The Morgan fingerprint density at radius 2 is 1.75 bits per heavy atom. The zero-order valence-corrected chi connectivity index (χ0v) is 27.8. The van der Waals surface area contributed by atoms with Crippen LogP contribution < -0.4 is 15.2 Å². The minimum absolute atomic E-state index is 0.00634. The minimum Gasteiger partial charge on any atom is -0.497 e. The molecule has 0 bridgehead atoms. The van der Waals surface area contributed by atoms with E-state index in [0.29, 0.717) is 12.0 Å². The molecule has 5 heterocycles. The number of fused-ring (bicyclic) bond motifs is 2. The fraction of sp³-hybridized carbons (Fsp3) is 0.342. The van der Waals surface area contributed by atoms with Gasteiger partial charge in [0.1, 0.15) is 17.2 Å². The maximum atomic E-state index is 15.2. The molecule has 248 valence electrons. The molecule has 0 spiro atoms. The van der Waals surface area contributed by atoms with Gasteiger partial charge in [0.2, 0.25) is 0 Å². The van der Waals surface area contributed by atoms with Crippen LogP contribution in [0, 0.1) is 12.7 Å². The molecule has 10 heteroatoms. The first kappa shape index (κ1) is 31.6. The number of pyridine rings is 2. The number of carbonyl (C=O) groups is 1. The Hall–Kier alpha value is -4.96. The number of ether oxygens (including phenoxy) is 2. The van der Waals surface area contributed by atoms with Gasteiger partial charge in [0.25, 0.3) is 5.56 Å². The molecule has 5 aromatic rings. The highest BCUT2D eigenvalue weighted by Gasteiger charge is 2.27. The molecule has 0 amide bonds. The first-order valence-corrected chi connectivity index (χ1v) is 16.4. The van der Waals surface area contributed by atoms with Gasteiger partial charge in [0.05, 0.1) is 25.5 Å². The van der Waals surface area contributed by atoms with Gasteiger partial charge in [0, 0.05) is 61.4 Å². The van der Waals surface area contributed by atoms with Gasteiger partial charge >= 0.3 is 5.97 Å². The van der Waals surface area contributed by atoms with Crippen LogP contribution in [0.4, 0.5) is 10.1 Å². The van der Waals surface area contributed by atoms with Crippen molar-refractivity contribution >= 4 is 22.7 Å². The van der Waals surface area contributed by atoms with Crippen LogP contribution in [0.5, 0.6) is 5.75 Å². The average molecular weight is 650 g/mol. The third-order valence-corrected chi connectivity index (χ3v) is 10.1. The van der Waals surface area contributed by atoms with Gasteiger partial charge in [-0.05, 0) is 104 Å². The molecule has 2 aliphatic rings. The Morgan fingerprint density at radius 1 is 0.979 bits per heavy atom. The number of methoxy groups -OCH3 is 2. The summed E-state index contributed by atoms with van der Waals surface area (Å²) in [4.78, 5) is 35.2. The normalized spacial score (nSPS) is 15.2. The molecular formula is C38H40FN5O4. The number of anilines is 1. The van der Waals surface area contributed by atoms with E-state index in [2.05, 4.69) is 43.6 Å². The van der Waals surface area contributed by atoms with Crippen molar-refractivity contribution in [3.05, 3.63) is 117 Å². The van der Waals surface area contributed by atoms with Gasteiger partial charge in [0.15, 0.2) is 0 Å². The van der Waals surface area contributed by atoms with Crippen LogP contribution in [0.15, 0.2) is 71.8 Å². The number of likely N-dealkylation sites (tertiary alicyclic amines) is 1. The lowest BCUT2D eigenvalue weighted by Gasteiger charge is -2.33. The predicted molar refractivity (Wildman–Crippen MR) is 184 cm³/mol. The van der Waals surface area contributed by atoms with Gasteiger partial charge in [-0.2, -0.15) is 0 Å². The summed E-state index contributed by atoms with van der Waals surface area (Å²) in [5.41, 5.74) is 7.48. The Bertz CT molecular complexity index is 2040. The number of aromatic nitrogens is 3. The molecule has 9 nitrogen and oxygen atoms in total. The number of esters is 1. The lowest BCUT2D eigenvalue weighted by molar-refractivity contribution is 0.0600. The van der Waals surface area contributed by atoms with Gasteiger partial charge < -0.3 is 18.9 Å². The molecule has 0 N–H and O–H groups in total. The lowest BCUT2D eigenvalue weighted by atomic mass is 9.85. The van der Waals surface area contributed by atoms with Crippen LogP contribution in [0.1, 0.15) is 57.1 Å². The van der Waals surface area contributed by atoms with Crippen molar-refractivity contribution in [2.45, 2.75) is 45.2 Å². The smallest absolute Gasteiger partial charge is 0.337 e. The quantitative estimate of drug-likeness (QED) is 0.194. The summed E-state index contributed by atoms with van der Waals surface area (Å²) in [5, 5.41) is 0.934. The van der Waals surface area contributed by atoms with E-state index in [1.165, 1.54) is 18.7 Å². The highest BCUT2D eigenvalue weighted by atomic mass is 19.1. The van der Waals surface area contributed by atoms with Crippen LogP contribution in [0.25, 0.3) is 16.7 Å². The number of hydrogen-bond acceptors (Lipinski definition) is 7. The second-order valence-corrected chi connectivity index (χ2v) is 12.9. The van der Waals surface area contributed by atoms with Crippen molar-refractivity contribution in [3.63, 3.8) is 0 Å². The number of halogens is 1. The average Bonchev–Trinajstić information content (AvgIpc) is 3.65. The van der Waals surface area contributed by atoms with Crippen LogP contribution in [-0.4, -0.2) is 58.8 Å². The third-order valence-electron chi connectivity index (χ3n) is 10.1. The summed E-state index contributed by atoms with van der Waals surface area (Å²) in [6.07, 6.45) is 6.00. The second kappa shape index (κ2) is 12.9. The summed E-state index contributed by atoms with van der Waals surface area (Å²) in [5.74, 6) is 0.0492. The van der Waals surface area contributed by atoms with E-state index in [0.717, 1.165) is 90.5 Å². The monoisotopic (exact) mass is 649 g/mol. The maximum Gasteiger partial charge on any atom is 0.337 e. The topological polar surface area (TPSA) is 81.8 Å². The van der Waals surface area contributed by atoms with Crippen molar-refractivity contribution in [1.82, 2.24) is 19.0 Å². The molecule has 48 heavy (non-hydrogen) atoms. The molecule has 3 aromatic heterocycles. The molecule has 0 aliphatic carbocycles. The van der Waals surface area contributed by atoms with E-state index in [1.807, 2.05) is 38.4 Å². The second-order valence-electron chi connectivity index (χ2n) is 12.9. The Balaban J connectivity index is 1.08. The van der Waals surface area contributed by atoms with E-state index in [4.69, 9.17) is 9.47 Å². The molecule has 2 aromatic carbocycles. The number of nitrogens with zero attached hydrogens (tertiary/aromatic N) is 5. The molecule has 1 fully saturated rings. The number of aryl methyl sites for hydroxylation is 2. The molecule has 1 saturated heterocycles. The Labute approximate surface area is 279 Å². The summed E-state index contributed by atoms with van der Waals surface area (Å²) in [6.45, 7) is 5.76. The first-order chi connectivity index (χ1) is 23.2. The summed E-state index contributed by atoms with van der Waals surface area (Å²) in [6, 6.07) is 17.2. The van der Waals surface area contributed by atoms with E-state index in [9.17, 15) is 9.59 Å². The Morgan fingerprint density at radius 3 is 2.46 bits per heavy atom. The summed E-state index contributed by atoms with van der Waals surface area (Å²) >= 11 is 0.